The Bertz CT molecular complexity index is 546. The number of aryl methyl sites for hydroxylation is 1. The zero-order chi connectivity index (χ0) is 16.1. The van der Waals surface area contributed by atoms with E-state index >= 15 is 0 Å². The zero-order valence-corrected chi connectivity index (χ0v) is 12.8. The molecule has 2 atom stereocenters. The van der Waals surface area contributed by atoms with Crippen molar-refractivity contribution in [3.63, 3.8) is 0 Å². The lowest BCUT2D eigenvalue weighted by molar-refractivity contribution is -0.146. The molecular weight excluding hydrogens is 285 g/mol. The van der Waals surface area contributed by atoms with E-state index in [1.807, 2.05) is 13.0 Å². The molecule has 1 aliphatic rings. The van der Waals surface area contributed by atoms with E-state index in [0.29, 0.717) is 32.4 Å². The Morgan fingerprint density at radius 1 is 1.45 bits per heavy atom. The van der Waals surface area contributed by atoms with E-state index in [0.717, 1.165) is 12.0 Å². The van der Waals surface area contributed by atoms with Gasteiger partial charge >= 0.3 is 5.97 Å². The lowest BCUT2D eigenvalue weighted by Crippen LogP contribution is -2.44. The Kier molecular flexibility index (Phi) is 5.52. The molecule has 1 N–H and O–H groups in total. The molecule has 1 fully saturated rings. The fourth-order valence-corrected chi connectivity index (χ4v) is 2.89. The molecule has 0 bridgehead atoms. The number of likely N-dealkylation sites (tertiary alicyclic amines) is 1. The van der Waals surface area contributed by atoms with Crippen molar-refractivity contribution in [1.29, 1.82) is 0 Å². The van der Waals surface area contributed by atoms with Gasteiger partial charge in [0.15, 0.2) is 0 Å². The van der Waals surface area contributed by atoms with E-state index < -0.39 is 11.9 Å². The predicted octanol–water partition coefficient (Wildman–Crippen LogP) is 2.72. The standard InChI is InChI=1S/C17H22FNO3/c1-12(7-8-13-4-2-6-15(18)10-13)16(20)19-9-3-5-14(11-19)17(21)22/h2,4,6,10,12,14H,3,5,7-9,11H2,1H3,(H,21,22)/t12-,14-/m0/s1. The Hall–Kier alpha value is -1.91. The first-order valence-electron chi connectivity index (χ1n) is 7.73. The number of halogens is 1. The molecule has 0 aliphatic carbocycles. The lowest BCUT2D eigenvalue weighted by Gasteiger charge is -2.32. The summed E-state index contributed by atoms with van der Waals surface area (Å²) in [7, 11) is 0. The molecule has 22 heavy (non-hydrogen) atoms. The van der Waals surface area contributed by atoms with Crippen molar-refractivity contribution in [1.82, 2.24) is 4.90 Å². The molecule has 1 saturated heterocycles. The average molecular weight is 307 g/mol. The van der Waals surface area contributed by atoms with Gasteiger partial charge in [-0.15, -0.1) is 0 Å². The van der Waals surface area contributed by atoms with Crippen molar-refractivity contribution in [2.75, 3.05) is 13.1 Å². The summed E-state index contributed by atoms with van der Waals surface area (Å²) in [6, 6.07) is 6.40. The molecule has 0 saturated carbocycles. The highest BCUT2D eigenvalue weighted by molar-refractivity contribution is 5.79. The summed E-state index contributed by atoms with van der Waals surface area (Å²) in [4.78, 5) is 25.1. The van der Waals surface area contributed by atoms with Crippen LogP contribution in [-0.4, -0.2) is 35.0 Å². The van der Waals surface area contributed by atoms with Gasteiger partial charge in [0.25, 0.3) is 0 Å². The number of hydrogen-bond acceptors (Lipinski definition) is 2. The third kappa shape index (κ3) is 4.29. The van der Waals surface area contributed by atoms with Gasteiger partial charge in [0.05, 0.1) is 5.92 Å². The van der Waals surface area contributed by atoms with E-state index in [2.05, 4.69) is 0 Å². The van der Waals surface area contributed by atoms with Crippen molar-refractivity contribution < 1.29 is 19.1 Å². The van der Waals surface area contributed by atoms with Crippen LogP contribution in [-0.2, 0) is 16.0 Å². The fraction of sp³-hybridized carbons (Fsp3) is 0.529. The molecule has 4 nitrogen and oxygen atoms in total. The molecule has 1 aromatic rings. The minimum absolute atomic E-state index is 0.00218. The molecule has 5 heteroatoms. The summed E-state index contributed by atoms with van der Waals surface area (Å²) in [6.07, 6.45) is 2.65. The smallest absolute Gasteiger partial charge is 0.308 e. The number of benzene rings is 1. The van der Waals surface area contributed by atoms with Gasteiger partial charge in [0.1, 0.15) is 5.82 Å². The highest BCUT2D eigenvalue weighted by atomic mass is 19.1. The third-order valence-electron chi connectivity index (χ3n) is 4.26. The van der Waals surface area contributed by atoms with Gasteiger partial charge in [-0.25, -0.2) is 4.39 Å². The molecule has 1 heterocycles. The van der Waals surface area contributed by atoms with Gasteiger partial charge < -0.3 is 10.0 Å². The maximum absolute atomic E-state index is 13.1. The number of nitrogens with zero attached hydrogens (tertiary/aromatic N) is 1. The fourth-order valence-electron chi connectivity index (χ4n) is 2.89. The molecule has 1 aromatic carbocycles. The van der Waals surface area contributed by atoms with E-state index in [1.165, 1.54) is 12.1 Å². The Labute approximate surface area is 129 Å². The number of hydrogen-bond donors (Lipinski definition) is 1. The average Bonchev–Trinajstić information content (AvgIpc) is 2.52. The number of carbonyl (C=O) groups is 2. The van der Waals surface area contributed by atoms with Crippen LogP contribution in [0.3, 0.4) is 0 Å². The van der Waals surface area contributed by atoms with Crippen LogP contribution in [0.4, 0.5) is 4.39 Å². The second-order valence-electron chi connectivity index (χ2n) is 6.03. The first-order valence-corrected chi connectivity index (χ1v) is 7.73. The van der Waals surface area contributed by atoms with Gasteiger partial charge in [-0.05, 0) is 43.4 Å². The normalized spacial score (nSPS) is 19.7. The molecule has 0 spiro atoms. The van der Waals surface area contributed by atoms with Crippen LogP contribution < -0.4 is 0 Å². The predicted molar refractivity (Wildman–Crippen MR) is 80.8 cm³/mol. The van der Waals surface area contributed by atoms with Crippen molar-refractivity contribution in [3.05, 3.63) is 35.6 Å². The second kappa shape index (κ2) is 7.38. The number of carbonyl (C=O) groups excluding carboxylic acids is 1. The number of piperidine rings is 1. The zero-order valence-electron chi connectivity index (χ0n) is 12.8. The highest BCUT2D eigenvalue weighted by Gasteiger charge is 2.29. The largest absolute Gasteiger partial charge is 0.481 e. The van der Waals surface area contributed by atoms with Crippen molar-refractivity contribution in [2.24, 2.45) is 11.8 Å². The van der Waals surface area contributed by atoms with Gasteiger partial charge in [0, 0.05) is 19.0 Å². The van der Waals surface area contributed by atoms with Gasteiger partial charge in [-0.2, -0.15) is 0 Å². The van der Waals surface area contributed by atoms with Crippen LogP contribution in [0, 0.1) is 17.7 Å². The van der Waals surface area contributed by atoms with E-state index in [4.69, 9.17) is 5.11 Å². The van der Waals surface area contributed by atoms with Crippen molar-refractivity contribution in [2.45, 2.75) is 32.6 Å². The van der Waals surface area contributed by atoms with Gasteiger partial charge in [-0.3, -0.25) is 9.59 Å². The molecule has 0 aromatic heterocycles. The summed E-state index contributed by atoms with van der Waals surface area (Å²) in [6.45, 7) is 2.79. The SMILES string of the molecule is C[C@@H](CCc1cccc(F)c1)C(=O)N1CCC[C@H](C(=O)O)C1. The summed E-state index contributed by atoms with van der Waals surface area (Å²) in [5.41, 5.74) is 0.877. The molecule has 1 amide bonds. The summed E-state index contributed by atoms with van der Waals surface area (Å²) < 4.78 is 13.1. The maximum Gasteiger partial charge on any atom is 0.308 e. The van der Waals surface area contributed by atoms with Crippen LogP contribution in [0.5, 0.6) is 0 Å². The minimum atomic E-state index is -0.829. The molecule has 1 aliphatic heterocycles. The molecular formula is C17H22FNO3. The lowest BCUT2D eigenvalue weighted by atomic mass is 9.95. The first-order chi connectivity index (χ1) is 10.5. The summed E-state index contributed by atoms with van der Waals surface area (Å²) in [5.74, 6) is -1.73. The second-order valence-corrected chi connectivity index (χ2v) is 6.03. The third-order valence-corrected chi connectivity index (χ3v) is 4.26. The van der Waals surface area contributed by atoms with Crippen LogP contribution in [0.1, 0.15) is 31.7 Å². The van der Waals surface area contributed by atoms with Crippen molar-refractivity contribution >= 4 is 11.9 Å². The van der Waals surface area contributed by atoms with Crippen LogP contribution in [0.15, 0.2) is 24.3 Å². The number of amides is 1. The van der Waals surface area contributed by atoms with Crippen LogP contribution in [0.25, 0.3) is 0 Å². The molecule has 120 valence electrons. The van der Waals surface area contributed by atoms with Crippen molar-refractivity contribution in [3.8, 4) is 0 Å². The maximum atomic E-state index is 13.1. The number of carboxylic acid groups (broad SMARTS) is 1. The molecule has 2 rings (SSSR count). The van der Waals surface area contributed by atoms with E-state index in [-0.39, 0.29) is 17.6 Å². The highest BCUT2D eigenvalue weighted by Crippen LogP contribution is 2.20. The number of carboxylic acids is 1. The molecule has 0 radical (unpaired) electrons. The Morgan fingerprint density at radius 2 is 2.23 bits per heavy atom. The minimum Gasteiger partial charge on any atom is -0.481 e. The van der Waals surface area contributed by atoms with E-state index in [9.17, 15) is 14.0 Å². The van der Waals surface area contributed by atoms with Crippen LogP contribution >= 0.6 is 0 Å². The van der Waals surface area contributed by atoms with Gasteiger partial charge in [-0.1, -0.05) is 19.1 Å². The van der Waals surface area contributed by atoms with Crippen LogP contribution in [0.2, 0.25) is 0 Å². The van der Waals surface area contributed by atoms with E-state index in [1.54, 1.807) is 11.0 Å². The summed E-state index contributed by atoms with van der Waals surface area (Å²) in [5, 5.41) is 9.08. The monoisotopic (exact) mass is 307 g/mol. The Balaban J connectivity index is 1.87. The molecule has 0 unspecified atom stereocenters. The Morgan fingerprint density at radius 3 is 2.91 bits per heavy atom. The number of rotatable bonds is 5. The number of aliphatic carboxylic acids is 1. The quantitative estimate of drug-likeness (QED) is 0.910. The summed E-state index contributed by atoms with van der Waals surface area (Å²) >= 11 is 0. The first kappa shape index (κ1) is 16.5. The topological polar surface area (TPSA) is 57.6 Å². The van der Waals surface area contributed by atoms with Gasteiger partial charge in [0.2, 0.25) is 5.91 Å².